The number of hydrogen-bond donors (Lipinski definition) is 2. The molecule has 5 heteroatoms. The predicted molar refractivity (Wildman–Crippen MR) is 84.9 cm³/mol. The van der Waals surface area contributed by atoms with E-state index < -0.39 is 0 Å². The maximum atomic E-state index is 11.7. The molecule has 0 saturated heterocycles. The van der Waals surface area contributed by atoms with Gasteiger partial charge in [0.15, 0.2) is 0 Å². The second-order valence-corrected chi connectivity index (χ2v) is 5.48. The van der Waals surface area contributed by atoms with Crippen LogP contribution in [-0.4, -0.2) is 17.6 Å². The standard InChI is InChI=1S/C16H16N2O2S/c17-13-8-4-5-9-14(13)21-11-16(20)18-15(19)10-12-6-2-1-3-7-12/h1-9H,10-11,17H2,(H,18,19,20). The van der Waals surface area contributed by atoms with Crippen molar-refractivity contribution in [3.63, 3.8) is 0 Å². The van der Waals surface area contributed by atoms with Gasteiger partial charge in [-0.15, -0.1) is 11.8 Å². The van der Waals surface area contributed by atoms with E-state index in [2.05, 4.69) is 5.32 Å². The van der Waals surface area contributed by atoms with Gasteiger partial charge in [-0.25, -0.2) is 0 Å². The quantitative estimate of drug-likeness (QED) is 0.656. The normalized spacial score (nSPS) is 10.1. The summed E-state index contributed by atoms with van der Waals surface area (Å²) in [6, 6.07) is 16.6. The molecule has 0 bridgehead atoms. The summed E-state index contributed by atoms with van der Waals surface area (Å²) in [5.74, 6) is -0.452. The third-order valence-corrected chi connectivity index (χ3v) is 3.85. The summed E-state index contributed by atoms with van der Waals surface area (Å²) in [6.07, 6.45) is 0.199. The molecule has 0 spiro atoms. The van der Waals surface area contributed by atoms with Gasteiger partial charge in [0.1, 0.15) is 0 Å². The lowest BCUT2D eigenvalue weighted by molar-refractivity contribution is -0.128. The third kappa shape index (κ3) is 4.96. The number of thioether (sulfide) groups is 1. The zero-order chi connectivity index (χ0) is 15.1. The highest BCUT2D eigenvalue weighted by molar-refractivity contribution is 8.00. The van der Waals surface area contributed by atoms with E-state index in [4.69, 9.17) is 5.73 Å². The van der Waals surface area contributed by atoms with Crippen molar-refractivity contribution in [2.75, 3.05) is 11.5 Å². The average Bonchev–Trinajstić information content (AvgIpc) is 2.47. The molecule has 0 aliphatic heterocycles. The minimum absolute atomic E-state index is 0.161. The van der Waals surface area contributed by atoms with Gasteiger partial charge in [0, 0.05) is 10.6 Å². The number of amides is 2. The summed E-state index contributed by atoms with van der Waals surface area (Å²) in [6.45, 7) is 0. The monoisotopic (exact) mass is 300 g/mol. The van der Waals surface area contributed by atoms with Gasteiger partial charge in [-0.3, -0.25) is 14.9 Å². The van der Waals surface area contributed by atoms with Crippen molar-refractivity contribution < 1.29 is 9.59 Å². The van der Waals surface area contributed by atoms with Crippen LogP contribution in [0.1, 0.15) is 5.56 Å². The Hall–Kier alpha value is -2.27. The Morgan fingerprint density at radius 1 is 0.952 bits per heavy atom. The maximum Gasteiger partial charge on any atom is 0.236 e. The zero-order valence-electron chi connectivity index (χ0n) is 11.4. The number of carbonyl (C=O) groups excluding carboxylic acids is 2. The topological polar surface area (TPSA) is 72.2 Å². The molecule has 0 unspecified atom stereocenters. The maximum absolute atomic E-state index is 11.7. The van der Waals surface area contributed by atoms with E-state index in [9.17, 15) is 9.59 Å². The summed E-state index contributed by atoms with van der Waals surface area (Å²) in [5, 5.41) is 2.38. The highest BCUT2D eigenvalue weighted by Gasteiger charge is 2.09. The molecule has 0 saturated carbocycles. The first-order valence-corrected chi connectivity index (χ1v) is 7.47. The van der Waals surface area contributed by atoms with Crippen LogP contribution in [0.25, 0.3) is 0 Å². The smallest absolute Gasteiger partial charge is 0.236 e. The van der Waals surface area contributed by atoms with Crippen LogP contribution in [0.3, 0.4) is 0 Å². The number of nitrogen functional groups attached to an aromatic ring is 1. The SMILES string of the molecule is Nc1ccccc1SCC(=O)NC(=O)Cc1ccccc1. The fraction of sp³-hybridized carbons (Fsp3) is 0.125. The summed E-state index contributed by atoms with van der Waals surface area (Å²) in [4.78, 5) is 24.3. The second kappa shape index (κ2) is 7.50. The molecule has 0 aliphatic carbocycles. The van der Waals surface area contributed by atoms with Crippen molar-refractivity contribution in [1.29, 1.82) is 0 Å². The van der Waals surface area contributed by atoms with Crippen LogP contribution >= 0.6 is 11.8 Å². The summed E-state index contributed by atoms with van der Waals surface area (Å²) in [7, 11) is 0. The van der Waals surface area contributed by atoms with Gasteiger partial charge in [0.2, 0.25) is 11.8 Å². The van der Waals surface area contributed by atoms with E-state index >= 15 is 0 Å². The van der Waals surface area contributed by atoms with Crippen LogP contribution < -0.4 is 11.1 Å². The minimum Gasteiger partial charge on any atom is -0.398 e. The Morgan fingerprint density at radius 3 is 2.33 bits per heavy atom. The van der Waals surface area contributed by atoms with Crippen LogP contribution in [-0.2, 0) is 16.0 Å². The van der Waals surface area contributed by atoms with Gasteiger partial charge in [0.25, 0.3) is 0 Å². The van der Waals surface area contributed by atoms with Crippen LogP contribution in [0.4, 0.5) is 5.69 Å². The number of carbonyl (C=O) groups is 2. The van der Waals surface area contributed by atoms with Crippen molar-refractivity contribution >= 4 is 29.3 Å². The first kappa shape index (κ1) is 15.1. The largest absolute Gasteiger partial charge is 0.398 e. The number of hydrogen-bond acceptors (Lipinski definition) is 4. The molecular weight excluding hydrogens is 284 g/mol. The first-order chi connectivity index (χ1) is 10.1. The predicted octanol–water partition coefficient (Wildman–Crippen LogP) is 2.25. The van der Waals surface area contributed by atoms with E-state index in [1.165, 1.54) is 11.8 Å². The lowest BCUT2D eigenvalue weighted by Gasteiger charge is -2.06. The fourth-order valence-electron chi connectivity index (χ4n) is 1.77. The highest BCUT2D eigenvalue weighted by atomic mass is 32.2. The zero-order valence-corrected chi connectivity index (χ0v) is 12.2. The van der Waals surface area contributed by atoms with E-state index in [1.807, 2.05) is 48.5 Å². The molecule has 4 nitrogen and oxygen atoms in total. The summed E-state index contributed by atoms with van der Waals surface area (Å²) >= 11 is 1.31. The second-order valence-electron chi connectivity index (χ2n) is 4.46. The van der Waals surface area contributed by atoms with Crippen molar-refractivity contribution in [1.82, 2.24) is 5.32 Å². The Bertz CT molecular complexity index is 629. The number of benzene rings is 2. The molecule has 2 aromatic rings. The van der Waals surface area contributed by atoms with Crippen LogP contribution in [0.2, 0.25) is 0 Å². The van der Waals surface area contributed by atoms with Crippen molar-refractivity contribution in [3.8, 4) is 0 Å². The van der Waals surface area contributed by atoms with Gasteiger partial charge < -0.3 is 5.73 Å². The van der Waals surface area contributed by atoms with Crippen molar-refractivity contribution in [2.24, 2.45) is 0 Å². The molecular formula is C16H16N2O2S. The molecule has 21 heavy (non-hydrogen) atoms. The number of rotatable bonds is 5. The molecule has 0 heterocycles. The molecule has 0 atom stereocenters. The lowest BCUT2D eigenvalue weighted by atomic mass is 10.1. The number of para-hydroxylation sites is 1. The Labute approximate surface area is 127 Å². The molecule has 0 radical (unpaired) electrons. The van der Waals surface area contributed by atoms with Gasteiger partial charge >= 0.3 is 0 Å². The number of nitrogens with two attached hydrogens (primary N) is 1. The van der Waals surface area contributed by atoms with E-state index in [-0.39, 0.29) is 24.0 Å². The highest BCUT2D eigenvalue weighted by Crippen LogP contribution is 2.23. The number of anilines is 1. The fourth-order valence-corrected chi connectivity index (χ4v) is 2.54. The molecule has 0 aliphatic rings. The van der Waals surface area contributed by atoms with Gasteiger partial charge in [-0.2, -0.15) is 0 Å². The van der Waals surface area contributed by atoms with Gasteiger partial charge in [-0.05, 0) is 17.7 Å². The molecule has 108 valence electrons. The van der Waals surface area contributed by atoms with E-state index in [1.54, 1.807) is 6.07 Å². The van der Waals surface area contributed by atoms with E-state index in [0.717, 1.165) is 10.5 Å². The van der Waals surface area contributed by atoms with Gasteiger partial charge in [-0.1, -0.05) is 42.5 Å². The van der Waals surface area contributed by atoms with Crippen LogP contribution in [0, 0.1) is 0 Å². The van der Waals surface area contributed by atoms with Crippen LogP contribution in [0.15, 0.2) is 59.5 Å². The van der Waals surface area contributed by atoms with E-state index in [0.29, 0.717) is 5.69 Å². The lowest BCUT2D eigenvalue weighted by Crippen LogP contribution is -2.33. The Kier molecular flexibility index (Phi) is 5.40. The summed E-state index contributed by atoms with van der Waals surface area (Å²) < 4.78 is 0. The Balaban J connectivity index is 1.79. The van der Waals surface area contributed by atoms with Gasteiger partial charge in [0.05, 0.1) is 12.2 Å². The number of imide groups is 1. The average molecular weight is 300 g/mol. The summed E-state index contributed by atoms with van der Waals surface area (Å²) in [5.41, 5.74) is 7.30. The molecule has 0 aromatic heterocycles. The minimum atomic E-state index is -0.316. The van der Waals surface area contributed by atoms with Crippen molar-refractivity contribution in [2.45, 2.75) is 11.3 Å². The van der Waals surface area contributed by atoms with Crippen LogP contribution in [0.5, 0.6) is 0 Å². The Morgan fingerprint density at radius 2 is 1.62 bits per heavy atom. The molecule has 2 amide bonds. The molecule has 2 rings (SSSR count). The number of nitrogens with one attached hydrogen (secondary N) is 1. The molecule has 3 N–H and O–H groups in total. The molecule has 0 fully saturated rings. The first-order valence-electron chi connectivity index (χ1n) is 6.49. The third-order valence-electron chi connectivity index (χ3n) is 2.76. The van der Waals surface area contributed by atoms with Crippen molar-refractivity contribution in [3.05, 3.63) is 60.2 Å². The molecule has 2 aromatic carbocycles.